The molecule has 2 aromatic rings. The summed E-state index contributed by atoms with van der Waals surface area (Å²) in [6, 6.07) is 9.79. The quantitative estimate of drug-likeness (QED) is 0.925. The predicted molar refractivity (Wildman–Crippen MR) is 75.7 cm³/mol. The number of carbonyl (C=O) groups excluding carboxylic acids is 1. The lowest BCUT2D eigenvalue weighted by Gasteiger charge is -2.04. The van der Waals surface area contributed by atoms with Crippen LogP contribution in [0.15, 0.2) is 30.3 Å². The molecule has 1 N–H and O–H groups in total. The van der Waals surface area contributed by atoms with E-state index >= 15 is 0 Å². The molecule has 1 saturated carbocycles. The number of hydrogen-bond acceptors (Lipinski definition) is 3. The van der Waals surface area contributed by atoms with Crippen LogP contribution in [-0.4, -0.2) is 28.8 Å². The Morgan fingerprint density at radius 2 is 2.15 bits per heavy atom. The SMILES string of the molecule is COc1ccccc1-c1cc(C(=O)NC2CC2)n(C)n1. The third kappa shape index (κ3) is 2.39. The van der Waals surface area contributed by atoms with Gasteiger partial charge in [-0.3, -0.25) is 9.48 Å². The van der Waals surface area contributed by atoms with E-state index in [0.29, 0.717) is 11.7 Å². The Bertz CT molecular complexity index is 644. The number of benzene rings is 1. The molecule has 5 heteroatoms. The van der Waals surface area contributed by atoms with Crippen LogP contribution in [0.3, 0.4) is 0 Å². The highest BCUT2D eigenvalue weighted by molar-refractivity contribution is 5.94. The second-order valence-corrected chi connectivity index (χ2v) is 4.99. The summed E-state index contributed by atoms with van der Waals surface area (Å²) in [5.41, 5.74) is 2.19. The Morgan fingerprint density at radius 1 is 1.40 bits per heavy atom. The van der Waals surface area contributed by atoms with Crippen LogP contribution in [-0.2, 0) is 7.05 Å². The van der Waals surface area contributed by atoms with E-state index in [1.54, 1.807) is 24.9 Å². The van der Waals surface area contributed by atoms with Crippen molar-refractivity contribution >= 4 is 5.91 Å². The first kappa shape index (κ1) is 12.7. The second-order valence-electron chi connectivity index (χ2n) is 4.99. The van der Waals surface area contributed by atoms with Crippen LogP contribution in [0.5, 0.6) is 5.75 Å². The molecule has 1 heterocycles. The molecule has 5 nitrogen and oxygen atoms in total. The Labute approximate surface area is 117 Å². The smallest absolute Gasteiger partial charge is 0.269 e. The molecular formula is C15H17N3O2. The van der Waals surface area contributed by atoms with Gasteiger partial charge in [0, 0.05) is 18.7 Å². The van der Waals surface area contributed by atoms with Crippen LogP contribution in [0.4, 0.5) is 0 Å². The molecule has 0 unspecified atom stereocenters. The van der Waals surface area contributed by atoms with Gasteiger partial charge in [0.1, 0.15) is 11.4 Å². The molecule has 1 fully saturated rings. The monoisotopic (exact) mass is 271 g/mol. The van der Waals surface area contributed by atoms with Crippen molar-refractivity contribution in [3.05, 3.63) is 36.0 Å². The number of carbonyl (C=O) groups is 1. The van der Waals surface area contributed by atoms with Crippen molar-refractivity contribution in [3.63, 3.8) is 0 Å². The molecule has 0 atom stereocenters. The lowest BCUT2D eigenvalue weighted by Crippen LogP contribution is -2.27. The van der Waals surface area contributed by atoms with E-state index in [0.717, 1.165) is 29.8 Å². The van der Waals surface area contributed by atoms with Crippen LogP contribution in [0, 0.1) is 0 Å². The number of nitrogens with one attached hydrogen (secondary N) is 1. The van der Waals surface area contributed by atoms with Crippen LogP contribution in [0.1, 0.15) is 23.3 Å². The number of aryl methyl sites for hydroxylation is 1. The van der Waals surface area contributed by atoms with E-state index in [9.17, 15) is 4.79 Å². The third-order valence-corrected chi connectivity index (χ3v) is 3.41. The second kappa shape index (κ2) is 5.00. The molecule has 1 amide bonds. The summed E-state index contributed by atoms with van der Waals surface area (Å²) in [6.07, 6.45) is 2.14. The summed E-state index contributed by atoms with van der Waals surface area (Å²) in [4.78, 5) is 12.1. The molecule has 20 heavy (non-hydrogen) atoms. The first-order valence-electron chi connectivity index (χ1n) is 6.67. The van der Waals surface area contributed by atoms with Gasteiger partial charge in [0.2, 0.25) is 0 Å². The first-order valence-corrected chi connectivity index (χ1v) is 6.67. The molecule has 3 rings (SSSR count). The highest BCUT2D eigenvalue weighted by atomic mass is 16.5. The van der Waals surface area contributed by atoms with Crippen LogP contribution < -0.4 is 10.1 Å². The summed E-state index contributed by atoms with van der Waals surface area (Å²) < 4.78 is 6.94. The summed E-state index contributed by atoms with van der Waals surface area (Å²) in [6.45, 7) is 0. The number of para-hydroxylation sites is 1. The number of hydrogen-bond donors (Lipinski definition) is 1. The molecule has 1 aromatic carbocycles. The number of methoxy groups -OCH3 is 1. The predicted octanol–water partition coefficient (Wildman–Crippen LogP) is 1.99. The van der Waals surface area contributed by atoms with Crippen molar-refractivity contribution in [2.75, 3.05) is 7.11 Å². The number of ether oxygens (including phenoxy) is 1. The average molecular weight is 271 g/mol. The maximum atomic E-state index is 12.1. The molecule has 0 saturated heterocycles. The average Bonchev–Trinajstić information content (AvgIpc) is 3.18. The summed E-state index contributed by atoms with van der Waals surface area (Å²) in [5.74, 6) is 0.684. The van der Waals surface area contributed by atoms with Gasteiger partial charge in [0.15, 0.2) is 0 Å². The minimum atomic E-state index is -0.0661. The summed E-state index contributed by atoms with van der Waals surface area (Å²) in [7, 11) is 3.41. The fourth-order valence-corrected chi connectivity index (χ4v) is 2.15. The molecule has 1 aliphatic carbocycles. The van der Waals surface area contributed by atoms with E-state index in [1.165, 1.54) is 0 Å². The topological polar surface area (TPSA) is 56.1 Å². The highest BCUT2D eigenvalue weighted by Gasteiger charge is 2.25. The fourth-order valence-electron chi connectivity index (χ4n) is 2.15. The Kier molecular flexibility index (Phi) is 3.18. The Hall–Kier alpha value is -2.30. The van der Waals surface area contributed by atoms with Crippen LogP contribution >= 0.6 is 0 Å². The van der Waals surface area contributed by atoms with Gasteiger partial charge in [-0.1, -0.05) is 12.1 Å². The zero-order valence-corrected chi connectivity index (χ0v) is 11.6. The minimum Gasteiger partial charge on any atom is -0.496 e. The third-order valence-electron chi connectivity index (χ3n) is 3.41. The van der Waals surface area contributed by atoms with Gasteiger partial charge >= 0.3 is 0 Å². The van der Waals surface area contributed by atoms with E-state index in [2.05, 4.69) is 10.4 Å². The highest BCUT2D eigenvalue weighted by Crippen LogP contribution is 2.29. The zero-order chi connectivity index (χ0) is 14.1. The lowest BCUT2D eigenvalue weighted by atomic mass is 10.1. The number of nitrogens with zero attached hydrogens (tertiary/aromatic N) is 2. The molecule has 1 aliphatic rings. The molecular weight excluding hydrogens is 254 g/mol. The first-order chi connectivity index (χ1) is 9.69. The summed E-state index contributed by atoms with van der Waals surface area (Å²) in [5, 5.41) is 7.39. The lowest BCUT2D eigenvalue weighted by molar-refractivity contribution is 0.0941. The minimum absolute atomic E-state index is 0.0661. The molecule has 0 spiro atoms. The van der Waals surface area contributed by atoms with Gasteiger partial charge in [-0.15, -0.1) is 0 Å². The number of aromatic nitrogens is 2. The maximum Gasteiger partial charge on any atom is 0.269 e. The Morgan fingerprint density at radius 3 is 2.85 bits per heavy atom. The summed E-state index contributed by atoms with van der Waals surface area (Å²) >= 11 is 0. The van der Waals surface area contributed by atoms with Gasteiger partial charge in [0.05, 0.1) is 12.8 Å². The maximum absolute atomic E-state index is 12.1. The number of amides is 1. The van der Waals surface area contributed by atoms with E-state index < -0.39 is 0 Å². The standard InChI is InChI=1S/C15H17N3O2/c1-18-13(15(19)16-10-7-8-10)9-12(17-18)11-5-3-4-6-14(11)20-2/h3-6,9-10H,7-8H2,1-2H3,(H,16,19). The molecule has 1 aromatic heterocycles. The van der Waals surface area contributed by atoms with E-state index in [1.807, 2.05) is 24.3 Å². The Balaban J connectivity index is 1.93. The van der Waals surface area contributed by atoms with E-state index in [-0.39, 0.29) is 5.91 Å². The van der Waals surface area contributed by atoms with Crippen molar-refractivity contribution in [1.29, 1.82) is 0 Å². The van der Waals surface area contributed by atoms with Gasteiger partial charge in [-0.05, 0) is 31.0 Å². The van der Waals surface area contributed by atoms with Crippen molar-refractivity contribution in [2.24, 2.45) is 7.05 Å². The zero-order valence-electron chi connectivity index (χ0n) is 11.6. The van der Waals surface area contributed by atoms with Gasteiger partial charge in [-0.2, -0.15) is 5.10 Å². The van der Waals surface area contributed by atoms with Crippen molar-refractivity contribution < 1.29 is 9.53 Å². The molecule has 0 aliphatic heterocycles. The van der Waals surface area contributed by atoms with Gasteiger partial charge in [-0.25, -0.2) is 0 Å². The molecule has 104 valence electrons. The van der Waals surface area contributed by atoms with Gasteiger partial charge < -0.3 is 10.1 Å². The van der Waals surface area contributed by atoms with Gasteiger partial charge in [0.25, 0.3) is 5.91 Å². The van der Waals surface area contributed by atoms with Crippen molar-refractivity contribution in [3.8, 4) is 17.0 Å². The normalized spacial score (nSPS) is 14.1. The van der Waals surface area contributed by atoms with Crippen LogP contribution in [0.2, 0.25) is 0 Å². The van der Waals surface area contributed by atoms with Crippen molar-refractivity contribution in [2.45, 2.75) is 18.9 Å². The number of rotatable bonds is 4. The van der Waals surface area contributed by atoms with E-state index in [4.69, 9.17) is 4.74 Å². The molecule has 0 bridgehead atoms. The fraction of sp³-hybridized carbons (Fsp3) is 0.333. The largest absolute Gasteiger partial charge is 0.496 e. The van der Waals surface area contributed by atoms with Crippen LogP contribution in [0.25, 0.3) is 11.3 Å². The molecule has 0 radical (unpaired) electrons. The van der Waals surface area contributed by atoms with Crippen molar-refractivity contribution in [1.82, 2.24) is 15.1 Å².